The van der Waals surface area contributed by atoms with Crippen LogP contribution in [0.15, 0.2) is 42.5 Å². The van der Waals surface area contributed by atoms with Crippen molar-refractivity contribution in [2.75, 3.05) is 10.6 Å². The molecule has 0 saturated carbocycles. The zero-order valence-corrected chi connectivity index (χ0v) is 11.6. The molecule has 0 aliphatic heterocycles. The van der Waals surface area contributed by atoms with Gasteiger partial charge in [-0.2, -0.15) is 0 Å². The Hall–Kier alpha value is -2.43. The third kappa shape index (κ3) is 4.27. The van der Waals surface area contributed by atoms with Gasteiger partial charge in [0.2, 0.25) is 5.91 Å². The van der Waals surface area contributed by atoms with Gasteiger partial charge < -0.3 is 10.6 Å². The minimum absolute atomic E-state index is 0.0623. The Morgan fingerprint density at radius 3 is 2.52 bits per heavy atom. The third-order valence-electron chi connectivity index (χ3n) is 2.95. The molecule has 21 heavy (non-hydrogen) atoms. The molecule has 0 aliphatic carbocycles. The molecule has 2 aromatic rings. The first-order chi connectivity index (χ1) is 10.1. The van der Waals surface area contributed by atoms with Crippen molar-refractivity contribution in [1.29, 1.82) is 0 Å². The second-order valence-electron chi connectivity index (χ2n) is 4.58. The van der Waals surface area contributed by atoms with Gasteiger partial charge in [0.25, 0.3) is 0 Å². The molecular weight excluding hydrogens is 274 g/mol. The maximum absolute atomic E-state index is 13.1. The van der Waals surface area contributed by atoms with E-state index in [1.54, 1.807) is 25.1 Å². The minimum Gasteiger partial charge on any atom is -0.381 e. The van der Waals surface area contributed by atoms with Crippen molar-refractivity contribution in [3.8, 4) is 0 Å². The Bertz CT molecular complexity index is 644. The second kappa shape index (κ2) is 6.83. The van der Waals surface area contributed by atoms with E-state index in [-0.39, 0.29) is 5.91 Å². The van der Waals surface area contributed by atoms with Gasteiger partial charge in [-0.3, -0.25) is 4.79 Å². The third-order valence-corrected chi connectivity index (χ3v) is 2.95. The fraction of sp³-hybridized carbons (Fsp3) is 0.188. The topological polar surface area (TPSA) is 41.1 Å². The highest BCUT2D eigenvalue weighted by Crippen LogP contribution is 2.17. The zero-order chi connectivity index (χ0) is 15.2. The van der Waals surface area contributed by atoms with Gasteiger partial charge >= 0.3 is 0 Å². The van der Waals surface area contributed by atoms with E-state index in [0.29, 0.717) is 24.2 Å². The monoisotopic (exact) mass is 290 g/mol. The summed E-state index contributed by atoms with van der Waals surface area (Å²) >= 11 is 0. The highest BCUT2D eigenvalue weighted by molar-refractivity contribution is 5.90. The van der Waals surface area contributed by atoms with Gasteiger partial charge in [0.15, 0.2) is 11.6 Å². The molecule has 0 heterocycles. The van der Waals surface area contributed by atoms with Crippen LogP contribution >= 0.6 is 0 Å². The summed E-state index contributed by atoms with van der Waals surface area (Å²) in [6.07, 6.45) is 0.409. The number of anilines is 2. The summed E-state index contributed by atoms with van der Waals surface area (Å²) in [5.74, 6) is -1.78. The van der Waals surface area contributed by atoms with E-state index in [4.69, 9.17) is 0 Å². The molecular formula is C16H16F2N2O. The lowest BCUT2D eigenvalue weighted by molar-refractivity contribution is -0.115. The van der Waals surface area contributed by atoms with Crippen molar-refractivity contribution in [2.24, 2.45) is 0 Å². The summed E-state index contributed by atoms with van der Waals surface area (Å²) in [4.78, 5) is 11.3. The minimum atomic E-state index is -0.863. The van der Waals surface area contributed by atoms with E-state index >= 15 is 0 Å². The van der Waals surface area contributed by atoms with Crippen molar-refractivity contribution in [2.45, 2.75) is 19.9 Å². The Morgan fingerprint density at radius 2 is 1.81 bits per heavy atom. The number of carbonyl (C=O) groups is 1. The lowest BCUT2D eigenvalue weighted by Crippen LogP contribution is -2.09. The van der Waals surface area contributed by atoms with Crippen LogP contribution in [0.25, 0.3) is 0 Å². The van der Waals surface area contributed by atoms with Crippen molar-refractivity contribution in [1.82, 2.24) is 0 Å². The molecule has 0 bridgehead atoms. The summed E-state index contributed by atoms with van der Waals surface area (Å²) in [6.45, 7) is 2.14. The molecule has 110 valence electrons. The lowest BCUT2D eigenvalue weighted by Gasteiger charge is -2.09. The normalized spacial score (nSPS) is 10.2. The molecule has 0 unspecified atom stereocenters. The van der Waals surface area contributed by atoms with Crippen LogP contribution in [0.1, 0.15) is 18.9 Å². The van der Waals surface area contributed by atoms with Crippen LogP contribution in [0.3, 0.4) is 0 Å². The predicted molar refractivity (Wildman–Crippen MR) is 79.0 cm³/mol. The molecule has 0 atom stereocenters. The van der Waals surface area contributed by atoms with E-state index in [1.165, 1.54) is 6.07 Å². The maximum Gasteiger partial charge on any atom is 0.224 e. The lowest BCUT2D eigenvalue weighted by atomic mass is 10.2. The van der Waals surface area contributed by atoms with Crippen LogP contribution in [-0.4, -0.2) is 5.91 Å². The maximum atomic E-state index is 13.1. The zero-order valence-electron chi connectivity index (χ0n) is 11.6. The van der Waals surface area contributed by atoms with Crippen LogP contribution in [0.5, 0.6) is 0 Å². The molecule has 0 aromatic heterocycles. The molecule has 1 amide bonds. The second-order valence-corrected chi connectivity index (χ2v) is 4.58. The molecule has 2 aromatic carbocycles. The van der Waals surface area contributed by atoms with Gasteiger partial charge in [-0.05, 0) is 35.9 Å². The number of nitrogens with one attached hydrogen (secondary N) is 2. The molecule has 0 fully saturated rings. The average Bonchev–Trinajstić information content (AvgIpc) is 2.49. The van der Waals surface area contributed by atoms with Gasteiger partial charge in [0.1, 0.15) is 0 Å². The Kier molecular flexibility index (Phi) is 4.87. The first-order valence-electron chi connectivity index (χ1n) is 6.66. The molecule has 0 saturated heterocycles. The van der Waals surface area contributed by atoms with E-state index in [1.807, 2.05) is 6.07 Å². The summed E-state index contributed by atoms with van der Waals surface area (Å²) < 4.78 is 25.9. The molecule has 0 spiro atoms. The smallest absolute Gasteiger partial charge is 0.224 e. The SMILES string of the molecule is CCC(=O)Nc1cccc(NCc2ccc(F)c(F)c2)c1. The number of halogens is 2. The van der Waals surface area contributed by atoms with Crippen LogP contribution in [0.4, 0.5) is 20.2 Å². The first-order valence-corrected chi connectivity index (χ1v) is 6.66. The molecule has 2 rings (SSSR count). The predicted octanol–water partition coefficient (Wildman–Crippen LogP) is 3.93. The van der Waals surface area contributed by atoms with Crippen LogP contribution in [-0.2, 0) is 11.3 Å². The summed E-state index contributed by atoms with van der Waals surface area (Å²) in [5, 5.41) is 5.86. The van der Waals surface area contributed by atoms with Crippen molar-refractivity contribution < 1.29 is 13.6 Å². The van der Waals surface area contributed by atoms with Crippen LogP contribution < -0.4 is 10.6 Å². The van der Waals surface area contributed by atoms with Crippen molar-refractivity contribution >= 4 is 17.3 Å². The van der Waals surface area contributed by atoms with E-state index in [0.717, 1.165) is 17.8 Å². The number of amides is 1. The molecule has 3 nitrogen and oxygen atoms in total. The molecule has 2 N–H and O–H groups in total. The quantitative estimate of drug-likeness (QED) is 0.876. The molecule has 0 aliphatic rings. The first kappa shape index (κ1) is 15.0. The largest absolute Gasteiger partial charge is 0.381 e. The number of carbonyl (C=O) groups excluding carboxylic acids is 1. The van der Waals surface area contributed by atoms with Gasteiger partial charge in [-0.1, -0.05) is 19.1 Å². The van der Waals surface area contributed by atoms with E-state index in [2.05, 4.69) is 10.6 Å². The summed E-state index contributed by atoms with van der Waals surface area (Å²) in [7, 11) is 0. The van der Waals surface area contributed by atoms with E-state index < -0.39 is 11.6 Å². The Balaban J connectivity index is 2.01. The number of rotatable bonds is 5. The van der Waals surface area contributed by atoms with Crippen LogP contribution in [0, 0.1) is 11.6 Å². The highest BCUT2D eigenvalue weighted by atomic mass is 19.2. The number of benzene rings is 2. The van der Waals surface area contributed by atoms with Gasteiger partial charge in [-0.15, -0.1) is 0 Å². The van der Waals surface area contributed by atoms with Crippen molar-refractivity contribution in [3.05, 3.63) is 59.7 Å². The fourth-order valence-corrected chi connectivity index (χ4v) is 1.81. The summed E-state index contributed by atoms with van der Waals surface area (Å²) in [5.41, 5.74) is 2.11. The van der Waals surface area contributed by atoms with Crippen LogP contribution in [0.2, 0.25) is 0 Å². The molecule has 5 heteroatoms. The average molecular weight is 290 g/mol. The van der Waals surface area contributed by atoms with Gasteiger partial charge in [-0.25, -0.2) is 8.78 Å². The fourth-order valence-electron chi connectivity index (χ4n) is 1.81. The number of hydrogen-bond acceptors (Lipinski definition) is 2. The van der Waals surface area contributed by atoms with Crippen molar-refractivity contribution in [3.63, 3.8) is 0 Å². The molecule has 0 radical (unpaired) electrons. The Labute approximate surface area is 122 Å². The van der Waals surface area contributed by atoms with E-state index in [9.17, 15) is 13.6 Å². The Morgan fingerprint density at radius 1 is 1.05 bits per heavy atom. The van der Waals surface area contributed by atoms with Gasteiger partial charge in [0, 0.05) is 24.3 Å². The van der Waals surface area contributed by atoms with Gasteiger partial charge in [0.05, 0.1) is 0 Å². The summed E-state index contributed by atoms with van der Waals surface area (Å²) in [6, 6.07) is 11.0. The standard InChI is InChI=1S/C16H16F2N2O/c1-2-16(21)20-13-5-3-4-12(9-13)19-10-11-6-7-14(17)15(18)8-11/h3-9,19H,2,10H2,1H3,(H,20,21). The highest BCUT2D eigenvalue weighted by Gasteiger charge is 2.03. The number of hydrogen-bond donors (Lipinski definition) is 2.